The molecule has 0 aliphatic rings. The van der Waals surface area contributed by atoms with Crippen LogP contribution in [0, 0.1) is 0 Å². The third-order valence-electron chi connectivity index (χ3n) is 1.36. The smallest absolute Gasteiger partial charge is 0.201 e. The van der Waals surface area contributed by atoms with E-state index in [1.807, 2.05) is 24.3 Å². The largest absolute Gasteiger partial charge is 0.329 e. The van der Waals surface area contributed by atoms with Gasteiger partial charge in [-0.1, -0.05) is 12.1 Å². The molecular formula is C7H6Cl2N2. The molecule has 0 unspecified atom stereocenters. The number of rotatable bonds is 0. The highest BCUT2D eigenvalue weighted by atomic mass is 35.5. The number of halogens is 2. The van der Waals surface area contributed by atoms with Crippen LogP contribution in [0.1, 0.15) is 0 Å². The first kappa shape index (κ1) is 8.37. The highest BCUT2D eigenvalue weighted by Crippen LogP contribution is 2.12. The van der Waals surface area contributed by atoms with Crippen molar-refractivity contribution in [3.63, 3.8) is 0 Å². The summed E-state index contributed by atoms with van der Waals surface area (Å²) in [5, 5.41) is 0.446. The molecule has 2 aromatic rings. The van der Waals surface area contributed by atoms with Crippen LogP contribution in [0.2, 0.25) is 5.28 Å². The van der Waals surface area contributed by atoms with Gasteiger partial charge < -0.3 is 4.98 Å². The summed E-state index contributed by atoms with van der Waals surface area (Å²) in [7, 11) is 0. The van der Waals surface area contributed by atoms with Gasteiger partial charge in [-0.15, -0.1) is 12.4 Å². The number of fused-ring (bicyclic) bond motifs is 1. The van der Waals surface area contributed by atoms with Crippen molar-refractivity contribution in [3.05, 3.63) is 29.5 Å². The van der Waals surface area contributed by atoms with Crippen molar-refractivity contribution in [2.75, 3.05) is 0 Å². The minimum atomic E-state index is 0. The summed E-state index contributed by atoms with van der Waals surface area (Å²) in [5.41, 5.74) is 1.89. The molecule has 0 saturated carbocycles. The molecular weight excluding hydrogens is 183 g/mol. The molecule has 0 spiro atoms. The zero-order valence-corrected chi connectivity index (χ0v) is 7.12. The average Bonchev–Trinajstić information content (AvgIpc) is 2.27. The van der Waals surface area contributed by atoms with Gasteiger partial charge in [-0.3, -0.25) is 0 Å². The average molecular weight is 189 g/mol. The zero-order chi connectivity index (χ0) is 6.97. The van der Waals surface area contributed by atoms with Crippen molar-refractivity contribution < 1.29 is 0 Å². The van der Waals surface area contributed by atoms with Crippen LogP contribution in [-0.4, -0.2) is 9.97 Å². The number of benzene rings is 1. The normalized spacial score (nSPS) is 9.55. The van der Waals surface area contributed by atoms with Crippen LogP contribution in [0.4, 0.5) is 0 Å². The van der Waals surface area contributed by atoms with Crippen molar-refractivity contribution in [2.24, 2.45) is 0 Å². The van der Waals surface area contributed by atoms with E-state index in [1.165, 1.54) is 0 Å². The molecule has 0 atom stereocenters. The number of hydrogen-bond acceptors (Lipinski definition) is 1. The van der Waals surface area contributed by atoms with Crippen LogP contribution in [0.5, 0.6) is 0 Å². The Labute approximate surface area is 75.0 Å². The quantitative estimate of drug-likeness (QED) is 0.677. The van der Waals surface area contributed by atoms with E-state index in [-0.39, 0.29) is 12.4 Å². The Kier molecular flexibility index (Phi) is 2.37. The molecule has 1 aromatic carbocycles. The number of nitrogens with zero attached hydrogens (tertiary/aromatic N) is 1. The van der Waals surface area contributed by atoms with E-state index in [0.717, 1.165) is 11.0 Å². The van der Waals surface area contributed by atoms with E-state index in [2.05, 4.69) is 9.97 Å². The van der Waals surface area contributed by atoms with Crippen LogP contribution in [-0.2, 0) is 0 Å². The molecule has 0 amide bonds. The highest BCUT2D eigenvalue weighted by molar-refractivity contribution is 6.29. The second kappa shape index (κ2) is 3.11. The molecule has 2 nitrogen and oxygen atoms in total. The third-order valence-corrected chi connectivity index (χ3v) is 1.54. The molecule has 4 heteroatoms. The number of aromatic nitrogens is 2. The van der Waals surface area contributed by atoms with Crippen LogP contribution in [0.25, 0.3) is 11.0 Å². The fraction of sp³-hybridized carbons (Fsp3) is 0. The van der Waals surface area contributed by atoms with E-state index in [1.54, 1.807) is 0 Å². The van der Waals surface area contributed by atoms with Crippen molar-refractivity contribution in [1.82, 2.24) is 9.97 Å². The minimum Gasteiger partial charge on any atom is -0.329 e. The maximum Gasteiger partial charge on any atom is 0.201 e. The molecule has 2 rings (SSSR count). The van der Waals surface area contributed by atoms with E-state index in [0.29, 0.717) is 5.28 Å². The number of para-hydroxylation sites is 2. The summed E-state index contributed by atoms with van der Waals surface area (Å²) in [5.74, 6) is 0. The first-order valence-electron chi connectivity index (χ1n) is 2.96. The Hall–Kier alpha value is -0.730. The van der Waals surface area contributed by atoms with Gasteiger partial charge in [-0.05, 0) is 23.7 Å². The second-order valence-corrected chi connectivity index (χ2v) is 2.40. The van der Waals surface area contributed by atoms with Crippen molar-refractivity contribution in [2.45, 2.75) is 0 Å². The van der Waals surface area contributed by atoms with Crippen molar-refractivity contribution in [1.29, 1.82) is 0 Å². The number of imidazole rings is 1. The molecule has 0 saturated heterocycles. The van der Waals surface area contributed by atoms with Gasteiger partial charge in [0.25, 0.3) is 0 Å². The fourth-order valence-electron chi connectivity index (χ4n) is 0.922. The van der Waals surface area contributed by atoms with Gasteiger partial charge in [0.1, 0.15) is 0 Å². The molecule has 1 N–H and O–H groups in total. The Morgan fingerprint density at radius 1 is 1.27 bits per heavy atom. The van der Waals surface area contributed by atoms with Gasteiger partial charge in [0.2, 0.25) is 5.28 Å². The van der Waals surface area contributed by atoms with Crippen LogP contribution in [0.15, 0.2) is 24.3 Å². The predicted octanol–water partition coefficient (Wildman–Crippen LogP) is 2.64. The van der Waals surface area contributed by atoms with Crippen molar-refractivity contribution in [3.8, 4) is 0 Å². The lowest BCUT2D eigenvalue weighted by Crippen LogP contribution is -1.63. The topological polar surface area (TPSA) is 28.7 Å². The summed E-state index contributed by atoms with van der Waals surface area (Å²) in [4.78, 5) is 6.94. The van der Waals surface area contributed by atoms with Crippen LogP contribution < -0.4 is 0 Å². The molecule has 0 aliphatic carbocycles. The lowest BCUT2D eigenvalue weighted by atomic mass is 10.3. The number of aromatic amines is 1. The Morgan fingerprint density at radius 3 is 2.73 bits per heavy atom. The standard InChI is InChI=1S/C7H5ClN2.ClH/c8-7-9-5-3-1-2-4-6(5)10-7;/h1-4H,(H,9,10);1H. The van der Waals surface area contributed by atoms with Gasteiger partial charge in [-0.2, -0.15) is 0 Å². The lowest BCUT2D eigenvalue weighted by Gasteiger charge is -1.81. The van der Waals surface area contributed by atoms with Crippen LogP contribution in [0.3, 0.4) is 0 Å². The minimum absolute atomic E-state index is 0. The van der Waals surface area contributed by atoms with E-state index in [9.17, 15) is 0 Å². The number of hydrogen-bond donors (Lipinski definition) is 1. The summed E-state index contributed by atoms with van der Waals surface area (Å²) >= 11 is 5.62. The lowest BCUT2D eigenvalue weighted by molar-refractivity contribution is 1.34. The first-order chi connectivity index (χ1) is 4.86. The highest BCUT2D eigenvalue weighted by Gasteiger charge is 1.95. The molecule has 1 aromatic heterocycles. The zero-order valence-electron chi connectivity index (χ0n) is 5.54. The molecule has 0 aliphatic heterocycles. The third kappa shape index (κ3) is 1.47. The maximum atomic E-state index is 5.62. The molecule has 1 heterocycles. The molecule has 0 bridgehead atoms. The molecule has 0 radical (unpaired) electrons. The second-order valence-electron chi connectivity index (χ2n) is 2.04. The van der Waals surface area contributed by atoms with Crippen LogP contribution >= 0.6 is 24.0 Å². The van der Waals surface area contributed by atoms with Gasteiger partial charge in [-0.25, -0.2) is 4.98 Å². The van der Waals surface area contributed by atoms with Gasteiger partial charge in [0, 0.05) is 0 Å². The Bertz CT molecular complexity index is 323. The summed E-state index contributed by atoms with van der Waals surface area (Å²) in [6.45, 7) is 0. The molecule has 58 valence electrons. The summed E-state index contributed by atoms with van der Waals surface area (Å²) in [6, 6.07) is 7.72. The summed E-state index contributed by atoms with van der Waals surface area (Å²) < 4.78 is 0. The Morgan fingerprint density at radius 2 is 2.00 bits per heavy atom. The Balaban J connectivity index is 0.000000605. The van der Waals surface area contributed by atoms with Gasteiger partial charge in [0.15, 0.2) is 0 Å². The predicted molar refractivity (Wildman–Crippen MR) is 48.4 cm³/mol. The van der Waals surface area contributed by atoms with E-state index in [4.69, 9.17) is 11.6 Å². The van der Waals surface area contributed by atoms with Gasteiger partial charge in [0.05, 0.1) is 11.0 Å². The monoisotopic (exact) mass is 188 g/mol. The molecule has 11 heavy (non-hydrogen) atoms. The SMILES string of the molecule is Cl.Clc1nc2ccccc2[nH]1. The fourth-order valence-corrected chi connectivity index (χ4v) is 1.11. The van der Waals surface area contributed by atoms with Gasteiger partial charge >= 0.3 is 0 Å². The summed E-state index contributed by atoms with van der Waals surface area (Å²) in [6.07, 6.45) is 0. The van der Waals surface area contributed by atoms with E-state index >= 15 is 0 Å². The van der Waals surface area contributed by atoms with E-state index < -0.39 is 0 Å². The molecule has 0 fully saturated rings. The first-order valence-corrected chi connectivity index (χ1v) is 3.34. The van der Waals surface area contributed by atoms with Crippen molar-refractivity contribution >= 4 is 35.0 Å². The maximum absolute atomic E-state index is 5.62. The number of H-pyrrole nitrogens is 1. The number of nitrogens with one attached hydrogen (secondary N) is 1.